The Morgan fingerprint density at radius 3 is 2.10 bits per heavy atom. The van der Waals surface area contributed by atoms with Crippen LogP contribution in [0.25, 0.3) is 0 Å². The Balaban J connectivity index is 0.00000400. The van der Waals surface area contributed by atoms with Crippen LogP contribution in [-0.4, -0.2) is 40.5 Å². The van der Waals surface area contributed by atoms with Gasteiger partial charge in [0.25, 0.3) is 0 Å². The minimum atomic E-state index is -0.258. The molecule has 0 saturated carbocycles. The predicted octanol–water partition coefficient (Wildman–Crippen LogP) is -2.66. The van der Waals surface area contributed by atoms with Crippen LogP contribution in [0.3, 0.4) is 0 Å². The van der Waals surface area contributed by atoms with Gasteiger partial charge in [-0.2, -0.15) is 0 Å². The number of ether oxygens (including phenoxy) is 4. The first kappa shape index (κ1) is 19.3. The molecule has 0 aliphatic carbocycles. The number of halogens is 1. The lowest BCUT2D eigenvalue weighted by molar-refractivity contribution is -0.671. The van der Waals surface area contributed by atoms with E-state index in [1.165, 1.54) is 6.92 Å². The van der Waals surface area contributed by atoms with Gasteiger partial charge in [0.15, 0.2) is 11.5 Å². The number of carbonyl (C=O) groups is 1. The number of esters is 1. The zero-order chi connectivity index (χ0) is 15.0. The molecule has 0 atom stereocenters. The standard InChI is InChI=1S/C14H21NO5.ClH/c1-10(16)20-6-5-15-9-11-7-12(17-2)14(19-4)13(8-11)18-3;/h7-8,15H,5-6,9H2,1-4H3;1H. The molecule has 0 fully saturated rings. The van der Waals surface area contributed by atoms with E-state index in [0.29, 0.717) is 30.4 Å². The summed E-state index contributed by atoms with van der Waals surface area (Å²) in [5.41, 5.74) is 1.04. The van der Waals surface area contributed by atoms with E-state index >= 15 is 0 Å². The van der Waals surface area contributed by atoms with Crippen molar-refractivity contribution in [1.29, 1.82) is 0 Å². The fraction of sp³-hybridized carbons (Fsp3) is 0.500. The number of methoxy groups -OCH3 is 3. The molecule has 0 amide bonds. The van der Waals surface area contributed by atoms with Gasteiger partial charge in [-0.15, -0.1) is 0 Å². The van der Waals surface area contributed by atoms with Crippen molar-refractivity contribution < 1.29 is 41.5 Å². The van der Waals surface area contributed by atoms with E-state index in [2.05, 4.69) is 0 Å². The minimum Gasteiger partial charge on any atom is -1.00 e. The summed E-state index contributed by atoms with van der Waals surface area (Å²) >= 11 is 0. The number of quaternary nitrogens is 1. The summed E-state index contributed by atoms with van der Waals surface area (Å²) < 4.78 is 20.7. The van der Waals surface area contributed by atoms with Gasteiger partial charge in [0.2, 0.25) is 5.75 Å². The summed E-state index contributed by atoms with van der Waals surface area (Å²) in [6.45, 7) is 3.24. The molecule has 120 valence electrons. The van der Waals surface area contributed by atoms with E-state index in [4.69, 9.17) is 18.9 Å². The fourth-order valence-corrected chi connectivity index (χ4v) is 1.81. The van der Waals surface area contributed by atoms with E-state index in [1.54, 1.807) is 21.3 Å². The molecule has 7 heteroatoms. The maximum Gasteiger partial charge on any atom is 0.302 e. The molecule has 1 aromatic carbocycles. The fourth-order valence-electron chi connectivity index (χ4n) is 1.81. The molecule has 1 rings (SSSR count). The molecule has 0 unspecified atom stereocenters. The van der Waals surface area contributed by atoms with Gasteiger partial charge in [-0.3, -0.25) is 4.79 Å². The van der Waals surface area contributed by atoms with Crippen LogP contribution in [0.15, 0.2) is 12.1 Å². The highest BCUT2D eigenvalue weighted by molar-refractivity contribution is 5.65. The SMILES string of the molecule is COc1cc(C[NH2+]CCOC(C)=O)cc(OC)c1OC.[Cl-]. The van der Waals surface area contributed by atoms with Gasteiger partial charge in [0.05, 0.1) is 21.3 Å². The van der Waals surface area contributed by atoms with Gasteiger partial charge in [-0.25, -0.2) is 0 Å². The van der Waals surface area contributed by atoms with Crippen molar-refractivity contribution in [2.24, 2.45) is 0 Å². The highest BCUT2D eigenvalue weighted by Gasteiger charge is 2.13. The van der Waals surface area contributed by atoms with E-state index in [1.807, 2.05) is 17.4 Å². The van der Waals surface area contributed by atoms with Crippen molar-refractivity contribution in [3.05, 3.63) is 17.7 Å². The Morgan fingerprint density at radius 1 is 1.10 bits per heavy atom. The largest absolute Gasteiger partial charge is 1.00 e. The average molecular weight is 320 g/mol. The van der Waals surface area contributed by atoms with Crippen molar-refractivity contribution in [3.63, 3.8) is 0 Å². The Labute approximate surface area is 131 Å². The highest BCUT2D eigenvalue weighted by Crippen LogP contribution is 2.37. The first-order chi connectivity index (χ1) is 9.62. The Hall–Kier alpha value is -1.66. The third-order valence-corrected chi connectivity index (χ3v) is 2.73. The van der Waals surface area contributed by atoms with Crippen molar-refractivity contribution in [3.8, 4) is 17.2 Å². The molecule has 0 aliphatic heterocycles. The maximum atomic E-state index is 10.6. The summed E-state index contributed by atoms with van der Waals surface area (Å²) in [7, 11) is 4.75. The maximum absolute atomic E-state index is 10.6. The molecule has 2 N–H and O–H groups in total. The van der Waals surface area contributed by atoms with Crippen molar-refractivity contribution in [2.75, 3.05) is 34.5 Å². The Kier molecular flexibility index (Phi) is 9.32. The second-order valence-electron chi connectivity index (χ2n) is 4.16. The first-order valence-corrected chi connectivity index (χ1v) is 6.36. The lowest BCUT2D eigenvalue weighted by Crippen LogP contribution is -3.00. The molecule has 21 heavy (non-hydrogen) atoms. The number of rotatable bonds is 8. The second-order valence-corrected chi connectivity index (χ2v) is 4.16. The highest BCUT2D eigenvalue weighted by atomic mass is 35.5. The van der Waals surface area contributed by atoms with Crippen molar-refractivity contribution in [2.45, 2.75) is 13.5 Å². The van der Waals surface area contributed by atoms with Gasteiger partial charge in [-0.1, -0.05) is 0 Å². The molecule has 0 saturated heterocycles. The van der Waals surface area contributed by atoms with Crippen molar-refractivity contribution in [1.82, 2.24) is 0 Å². The van der Waals surface area contributed by atoms with Crippen LogP contribution in [0, 0.1) is 0 Å². The number of carbonyl (C=O) groups excluding carboxylic acids is 1. The van der Waals surface area contributed by atoms with E-state index in [-0.39, 0.29) is 18.4 Å². The van der Waals surface area contributed by atoms with Crippen LogP contribution in [0.4, 0.5) is 0 Å². The molecule has 1 aromatic rings. The lowest BCUT2D eigenvalue weighted by atomic mass is 10.2. The molecule has 0 spiro atoms. The number of hydrogen-bond donors (Lipinski definition) is 1. The van der Waals surface area contributed by atoms with Crippen LogP contribution < -0.4 is 31.9 Å². The van der Waals surface area contributed by atoms with Gasteiger partial charge in [0, 0.05) is 12.5 Å². The predicted molar refractivity (Wildman–Crippen MR) is 73.2 cm³/mol. The normalized spacial score (nSPS) is 9.52. The van der Waals surface area contributed by atoms with Gasteiger partial charge >= 0.3 is 5.97 Å². The molecule has 0 bridgehead atoms. The molecule has 0 heterocycles. The molecular weight excluding hydrogens is 298 g/mol. The minimum absolute atomic E-state index is 0. The summed E-state index contributed by atoms with van der Waals surface area (Å²) in [4.78, 5) is 10.6. The van der Waals surface area contributed by atoms with Gasteiger partial charge in [0.1, 0.15) is 19.7 Å². The average Bonchev–Trinajstić information content (AvgIpc) is 2.45. The van der Waals surface area contributed by atoms with Crippen LogP contribution in [-0.2, 0) is 16.1 Å². The Morgan fingerprint density at radius 2 is 1.67 bits per heavy atom. The van der Waals surface area contributed by atoms with Crippen LogP contribution >= 0.6 is 0 Å². The van der Waals surface area contributed by atoms with E-state index < -0.39 is 0 Å². The van der Waals surface area contributed by atoms with Crippen molar-refractivity contribution >= 4 is 5.97 Å². The summed E-state index contributed by atoms with van der Waals surface area (Å²) in [6.07, 6.45) is 0. The molecule has 0 aromatic heterocycles. The van der Waals surface area contributed by atoms with E-state index in [9.17, 15) is 4.79 Å². The summed E-state index contributed by atoms with van der Waals surface area (Å²) in [5, 5.41) is 2.05. The first-order valence-electron chi connectivity index (χ1n) is 6.36. The molecular formula is C14H22ClNO5. The number of hydrogen-bond acceptors (Lipinski definition) is 5. The van der Waals surface area contributed by atoms with Gasteiger partial charge in [-0.05, 0) is 12.1 Å². The third-order valence-electron chi connectivity index (χ3n) is 2.73. The van der Waals surface area contributed by atoms with Crippen LogP contribution in [0.2, 0.25) is 0 Å². The molecule has 6 nitrogen and oxygen atoms in total. The topological polar surface area (TPSA) is 70.6 Å². The van der Waals surface area contributed by atoms with Crippen LogP contribution in [0.1, 0.15) is 12.5 Å². The smallest absolute Gasteiger partial charge is 0.302 e. The van der Waals surface area contributed by atoms with Gasteiger partial charge < -0.3 is 36.7 Å². The zero-order valence-corrected chi connectivity index (χ0v) is 13.5. The van der Waals surface area contributed by atoms with Crippen LogP contribution in [0.5, 0.6) is 17.2 Å². The Bertz CT molecular complexity index is 428. The lowest BCUT2D eigenvalue weighted by Gasteiger charge is -2.13. The monoisotopic (exact) mass is 319 g/mol. The molecule has 0 radical (unpaired) electrons. The molecule has 0 aliphatic rings. The quantitative estimate of drug-likeness (QED) is 0.418. The summed E-state index contributed by atoms with van der Waals surface area (Å²) in [6, 6.07) is 3.81. The number of nitrogens with two attached hydrogens (primary N) is 1. The third kappa shape index (κ3) is 6.10. The zero-order valence-electron chi connectivity index (χ0n) is 12.8. The number of benzene rings is 1. The van der Waals surface area contributed by atoms with E-state index in [0.717, 1.165) is 12.1 Å². The summed E-state index contributed by atoms with van der Waals surface area (Å²) in [5.74, 6) is 1.59. The second kappa shape index (κ2) is 10.1.